The number of rotatable bonds is 6. The summed E-state index contributed by atoms with van der Waals surface area (Å²) in [5.41, 5.74) is 2.57. The quantitative estimate of drug-likeness (QED) is 0.792. The van der Waals surface area contributed by atoms with E-state index in [-0.39, 0.29) is 0 Å². The molecule has 2 nitrogen and oxygen atoms in total. The molecule has 1 aromatic rings. The van der Waals surface area contributed by atoms with Gasteiger partial charge in [0.2, 0.25) is 0 Å². The van der Waals surface area contributed by atoms with Gasteiger partial charge in [-0.2, -0.15) is 0 Å². The predicted molar refractivity (Wildman–Crippen MR) is 72.1 cm³/mol. The Labute approximate surface area is 99.7 Å². The molecule has 0 saturated carbocycles. The monoisotopic (exact) mass is 220 g/mol. The first-order valence-corrected chi connectivity index (χ1v) is 6.18. The number of benzene rings is 1. The highest BCUT2D eigenvalue weighted by Gasteiger charge is 2.05. The van der Waals surface area contributed by atoms with Crippen molar-refractivity contribution in [1.82, 2.24) is 4.90 Å². The molecule has 16 heavy (non-hydrogen) atoms. The Morgan fingerprint density at radius 3 is 2.50 bits per heavy atom. The summed E-state index contributed by atoms with van der Waals surface area (Å²) in [5, 5.41) is 3.49. The Bertz CT molecular complexity index is 307. The van der Waals surface area contributed by atoms with Crippen LogP contribution in [0.25, 0.3) is 0 Å². The van der Waals surface area contributed by atoms with E-state index in [9.17, 15) is 0 Å². The van der Waals surface area contributed by atoms with Gasteiger partial charge in [-0.15, -0.1) is 0 Å². The van der Waals surface area contributed by atoms with Gasteiger partial charge in [0.25, 0.3) is 0 Å². The summed E-state index contributed by atoms with van der Waals surface area (Å²) in [7, 11) is 0. The fourth-order valence-corrected chi connectivity index (χ4v) is 1.89. The van der Waals surface area contributed by atoms with Crippen molar-refractivity contribution in [3.05, 3.63) is 29.8 Å². The van der Waals surface area contributed by atoms with Gasteiger partial charge in [-0.1, -0.05) is 25.1 Å². The van der Waals surface area contributed by atoms with Gasteiger partial charge in [-0.3, -0.25) is 4.90 Å². The molecule has 0 spiro atoms. The van der Waals surface area contributed by atoms with E-state index in [2.05, 4.69) is 62.2 Å². The predicted octanol–water partition coefficient (Wildman–Crippen LogP) is 3.14. The van der Waals surface area contributed by atoms with Crippen LogP contribution in [0.2, 0.25) is 0 Å². The first-order valence-electron chi connectivity index (χ1n) is 6.18. The lowest BCUT2D eigenvalue weighted by atomic mass is 10.2. The molecule has 1 rings (SSSR count). The lowest BCUT2D eigenvalue weighted by Crippen LogP contribution is -2.34. The van der Waals surface area contributed by atoms with Crippen molar-refractivity contribution in [2.75, 3.05) is 25.0 Å². The van der Waals surface area contributed by atoms with Crippen LogP contribution in [-0.4, -0.2) is 30.6 Å². The van der Waals surface area contributed by atoms with Gasteiger partial charge in [0.05, 0.1) is 0 Å². The summed E-state index contributed by atoms with van der Waals surface area (Å²) in [4.78, 5) is 2.46. The minimum atomic E-state index is 0.628. The molecular weight excluding hydrogens is 196 g/mol. The second kappa shape index (κ2) is 6.54. The highest BCUT2D eigenvalue weighted by atomic mass is 15.2. The van der Waals surface area contributed by atoms with E-state index in [1.165, 1.54) is 11.3 Å². The summed E-state index contributed by atoms with van der Waals surface area (Å²) in [6.45, 7) is 12.1. The molecule has 0 saturated heterocycles. The third-order valence-electron chi connectivity index (χ3n) is 3.00. The van der Waals surface area contributed by atoms with Crippen LogP contribution in [0.3, 0.4) is 0 Å². The van der Waals surface area contributed by atoms with E-state index in [0.29, 0.717) is 6.04 Å². The van der Waals surface area contributed by atoms with Crippen LogP contribution in [0.5, 0.6) is 0 Å². The van der Waals surface area contributed by atoms with Crippen molar-refractivity contribution in [3.63, 3.8) is 0 Å². The standard InChI is InChI=1S/C14H24N2/c1-5-16(12(2)3)11-10-15-14-9-7-6-8-13(14)4/h6-9,12,15H,5,10-11H2,1-4H3. The third kappa shape index (κ3) is 3.86. The van der Waals surface area contributed by atoms with Crippen molar-refractivity contribution in [2.24, 2.45) is 0 Å². The molecule has 1 N–H and O–H groups in total. The molecular formula is C14H24N2. The van der Waals surface area contributed by atoms with Crippen LogP contribution in [0.15, 0.2) is 24.3 Å². The zero-order valence-electron chi connectivity index (χ0n) is 11.0. The first-order chi connectivity index (χ1) is 7.65. The van der Waals surface area contributed by atoms with Crippen molar-refractivity contribution in [2.45, 2.75) is 33.7 Å². The maximum absolute atomic E-state index is 3.49. The van der Waals surface area contributed by atoms with E-state index in [0.717, 1.165) is 19.6 Å². The zero-order chi connectivity index (χ0) is 12.0. The third-order valence-corrected chi connectivity index (χ3v) is 3.00. The van der Waals surface area contributed by atoms with Crippen molar-refractivity contribution < 1.29 is 0 Å². The SMILES string of the molecule is CCN(CCNc1ccccc1C)C(C)C. The molecule has 0 heterocycles. The number of anilines is 1. The maximum Gasteiger partial charge on any atom is 0.0370 e. The van der Waals surface area contributed by atoms with E-state index in [1.807, 2.05) is 0 Å². The van der Waals surface area contributed by atoms with E-state index >= 15 is 0 Å². The number of hydrogen-bond donors (Lipinski definition) is 1. The highest BCUT2D eigenvalue weighted by Crippen LogP contribution is 2.12. The molecule has 0 aliphatic rings. The van der Waals surface area contributed by atoms with Gasteiger partial charge in [-0.25, -0.2) is 0 Å². The van der Waals surface area contributed by atoms with Gasteiger partial charge >= 0.3 is 0 Å². The topological polar surface area (TPSA) is 15.3 Å². The number of hydrogen-bond acceptors (Lipinski definition) is 2. The fraction of sp³-hybridized carbons (Fsp3) is 0.571. The molecule has 2 heteroatoms. The Balaban J connectivity index is 2.38. The molecule has 90 valence electrons. The molecule has 0 fully saturated rings. The molecule has 0 aliphatic heterocycles. The number of likely N-dealkylation sites (N-methyl/N-ethyl adjacent to an activating group) is 1. The number of aryl methyl sites for hydroxylation is 1. The molecule has 0 aliphatic carbocycles. The summed E-state index contributed by atoms with van der Waals surface area (Å²) >= 11 is 0. The largest absolute Gasteiger partial charge is 0.384 e. The van der Waals surface area contributed by atoms with Crippen molar-refractivity contribution in [3.8, 4) is 0 Å². The zero-order valence-corrected chi connectivity index (χ0v) is 11.0. The smallest absolute Gasteiger partial charge is 0.0370 e. The Hall–Kier alpha value is -1.02. The molecule has 0 amide bonds. The molecule has 0 aromatic heterocycles. The van der Waals surface area contributed by atoms with Gasteiger partial charge in [0.1, 0.15) is 0 Å². The second-order valence-corrected chi connectivity index (χ2v) is 4.46. The van der Waals surface area contributed by atoms with Gasteiger partial charge < -0.3 is 5.32 Å². The lowest BCUT2D eigenvalue weighted by Gasteiger charge is -2.25. The van der Waals surface area contributed by atoms with Crippen LogP contribution in [0.1, 0.15) is 26.3 Å². The van der Waals surface area contributed by atoms with E-state index in [4.69, 9.17) is 0 Å². The van der Waals surface area contributed by atoms with Crippen LogP contribution in [0.4, 0.5) is 5.69 Å². The van der Waals surface area contributed by atoms with E-state index < -0.39 is 0 Å². The van der Waals surface area contributed by atoms with Gasteiger partial charge in [0, 0.05) is 24.8 Å². The summed E-state index contributed by atoms with van der Waals surface area (Å²) in [6.07, 6.45) is 0. The molecule has 0 unspecified atom stereocenters. The fourth-order valence-electron chi connectivity index (χ4n) is 1.89. The average Bonchev–Trinajstić information content (AvgIpc) is 2.26. The van der Waals surface area contributed by atoms with Crippen molar-refractivity contribution >= 4 is 5.69 Å². The summed E-state index contributed by atoms with van der Waals surface area (Å²) in [5.74, 6) is 0. The minimum absolute atomic E-state index is 0.628. The van der Waals surface area contributed by atoms with E-state index in [1.54, 1.807) is 0 Å². The molecule has 0 radical (unpaired) electrons. The number of para-hydroxylation sites is 1. The normalized spacial score (nSPS) is 11.1. The van der Waals surface area contributed by atoms with Gasteiger partial charge in [-0.05, 0) is 38.9 Å². The Morgan fingerprint density at radius 1 is 1.25 bits per heavy atom. The van der Waals surface area contributed by atoms with Crippen molar-refractivity contribution in [1.29, 1.82) is 0 Å². The summed E-state index contributed by atoms with van der Waals surface area (Å²) < 4.78 is 0. The second-order valence-electron chi connectivity index (χ2n) is 4.46. The highest BCUT2D eigenvalue weighted by molar-refractivity contribution is 5.50. The van der Waals surface area contributed by atoms with Gasteiger partial charge in [0.15, 0.2) is 0 Å². The number of nitrogens with one attached hydrogen (secondary N) is 1. The molecule has 1 aromatic carbocycles. The van der Waals surface area contributed by atoms with Crippen LogP contribution in [0, 0.1) is 6.92 Å². The number of nitrogens with zero attached hydrogens (tertiary/aromatic N) is 1. The Morgan fingerprint density at radius 2 is 1.94 bits per heavy atom. The molecule has 0 bridgehead atoms. The van der Waals surface area contributed by atoms with Crippen LogP contribution >= 0.6 is 0 Å². The molecule has 0 atom stereocenters. The maximum atomic E-state index is 3.49. The average molecular weight is 220 g/mol. The lowest BCUT2D eigenvalue weighted by molar-refractivity contribution is 0.243. The Kier molecular flexibility index (Phi) is 5.33. The van der Waals surface area contributed by atoms with Crippen LogP contribution < -0.4 is 5.32 Å². The first kappa shape index (κ1) is 13.0. The summed E-state index contributed by atoms with van der Waals surface area (Å²) in [6, 6.07) is 9.06. The minimum Gasteiger partial charge on any atom is -0.384 e. The van der Waals surface area contributed by atoms with Crippen LogP contribution in [-0.2, 0) is 0 Å².